The van der Waals surface area contributed by atoms with Crippen molar-refractivity contribution in [1.29, 1.82) is 0 Å². The van der Waals surface area contributed by atoms with Crippen LogP contribution in [-0.4, -0.2) is 35.8 Å². The van der Waals surface area contributed by atoms with Crippen LogP contribution in [0.2, 0.25) is 0 Å². The molecule has 2 N–H and O–H groups in total. The van der Waals surface area contributed by atoms with Crippen molar-refractivity contribution < 1.29 is 19.7 Å². The minimum Gasteiger partial charge on any atom is -0.393 e. The zero-order chi connectivity index (χ0) is 11.5. The van der Waals surface area contributed by atoms with E-state index in [0.29, 0.717) is 6.61 Å². The first-order chi connectivity index (χ1) is 7.70. The molecule has 1 aliphatic heterocycles. The van der Waals surface area contributed by atoms with Crippen molar-refractivity contribution in [2.24, 2.45) is 0 Å². The maximum absolute atomic E-state index is 9.37. The summed E-state index contributed by atoms with van der Waals surface area (Å²) in [7, 11) is 0. The van der Waals surface area contributed by atoms with Gasteiger partial charge in [0.1, 0.15) is 12.2 Å². The monoisotopic (exact) mass is 336 g/mol. The van der Waals surface area contributed by atoms with E-state index >= 15 is 0 Å². The minimum atomic E-state index is -1.04. The number of halogens is 1. The lowest BCUT2D eigenvalue weighted by atomic mass is 10.1. The summed E-state index contributed by atoms with van der Waals surface area (Å²) >= 11 is 2.23. The van der Waals surface area contributed by atoms with Gasteiger partial charge >= 0.3 is 0 Å². The van der Waals surface area contributed by atoms with Gasteiger partial charge in [0, 0.05) is 3.57 Å². The predicted octanol–water partition coefficient (Wildman–Crippen LogP) is 1.06. The number of benzene rings is 1. The third-order valence-electron chi connectivity index (χ3n) is 2.50. The van der Waals surface area contributed by atoms with Crippen LogP contribution in [0.3, 0.4) is 0 Å². The van der Waals surface area contributed by atoms with Gasteiger partial charge in [-0.15, -0.1) is 0 Å². The van der Waals surface area contributed by atoms with E-state index in [1.54, 1.807) is 0 Å². The zero-order valence-corrected chi connectivity index (χ0v) is 10.7. The number of ether oxygens (including phenoxy) is 2. The van der Waals surface area contributed by atoms with Crippen LogP contribution in [0, 0.1) is 3.57 Å². The molecule has 0 saturated carbocycles. The summed E-state index contributed by atoms with van der Waals surface area (Å²) in [6.07, 6.45) is -1.93. The summed E-state index contributed by atoms with van der Waals surface area (Å²) in [6, 6.07) is 7.89. The Morgan fingerprint density at radius 2 is 2.00 bits per heavy atom. The van der Waals surface area contributed by atoms with Crippen molar-refractivity contribution in [2.75, 3.05) is 13.2 Å². The van der Waals surface area contributed by atoms with E-state index in [9.17, 15) is 5.11 Å². The molecule has 0 unspecified atom stereocenters. The molecule has 0 bridgehead atoms. The van der Waals surface area contributed by atoms with Gasteiger partial charge in [0.25, 0.3) is 0 Å². The third kappa shape index (κ3) is 2.72. The summed E-state index contributed by atoms with van der Waals surface area (Å²) in [4.78, 5) is 0. The Labute approximate surface area is 107 Å². The molecule has 3 atom stereocenters. The van der Waals surface area contributed by atoms with Crippen molar-refractivity contribution in [1.82, 2.24) is 0 Å². The standard InChI is InChI=1S/C11H13IO4/c12-8-3-1-7(2-4-8)10-6-15-11(14)9(5-13)16-10/h1-4,9-11,13-14H,5-6H2/t9-,10+,11-/m0/s1. The van der Waals surface area contributed by atoms with Gasteiger partial charge in [0.2, 0.25) is 0 Å². The van der Waals surface area contributed by atoms with E-state index in [2.05, 4.69) is 22.6 Å². The number of rotatable bonds is 2. The Morgan fingerprint density at radius 1 is 1.31 bits per heavy atom. The van der Waals surface area contributed by atoms with E-state index in [1.807, 2.05) is 24.3 Å². The lowest BCUT2D eigenvalue weighted by Gasteiger charge is -2.33. The minimum absolute atomic E-state index is 0.224. The van der Waals surface area contributed by atoms with Crippen LogP contribution in [0.4, 0.5) is 0 Å². The molecule has 1 aliphatic rings. The maximum Gasteiger partial charge on any atom is 0.183 e. The molecule has 2 rings (SSSR count). The van der Waals surface area contributed by atoms with E-state index < -0.39 is 12.4 Å². The number of aliphatic hydroxyl groups excluding tert-OH is 2. The Hall–Kier alpha value is -0.210. The molecule has 0 amide bonds. The Morgan fingerprint density at radius 3 is 2.62 bits per heavy atom. The Balaban J connectivity index is 2.08. The zero-order valence-electron chi connectivity index (χ0n) is 8.54. The normalized spacial score (nSPS) is 30.3. The topological polar surface area (TPSA) is 58.9 Å². The van der Waals surface area contributed by atoms with Crippen molar-refractivity contribution in [3.8, 4) is 0 Å². The fourth-order valence-corrected chi connectivity index (χ4v) is 1.96. The van der Waals surface area contributed by atoms with Crippen LogP contribution < -0.4 is 0 Å². The largest absolute Gasteiger partial charge is 0.393 e. The molecular formula is C11H13IO4. The molecule has 0 aromatic heterocycles. The maximum atomic E-state index is 9.37. The van der Waals surface area contributed by atoms with Gasteiger partial charge in [0.05, 0.1) is 13.2 Å². The summed E-state index contributed by atoms with van der Waals surface area (Å²) in [5.41, 5.74) is 0.991. The Bertz CT molecular complexity index is 340. The fraction of sp³-hybridized carbons (Fsp3) is 0.455. The first-order valence-corrected chi connectivity index (χ1v) is 6.10. The van der Waals surface area contributed by atoms with Gasteiger partial charge in [-0.05, 0) is 40.3 Å². The first kappa shape index (κ1) is 12.3. The van der Waals surface area contributed by atoms with E-state index in [4.69, 9.17) is 14.6 Å². The average Bonchev–Trinajstić information content (AvgIpc) is 2.31. The second-order valence-electron chi connectivity index (χ2n) is 3.62. The highest BCUT2D eigenvalue weighted by molar-refractivity contribution is 14.1. The van der Waals surface area contributed by atoms with Gasteiger partial charge in [-0.2, -0.15) is 0 Å². The molecule has 0 aliphatic carbocycles. The summed E-state index contributed by atoms with van der Waals surface area (Å²) < 4.78 is 11.8. The highest BCUT2D eigenvalue weighted by Crippen LogP contribution is 2.26. The molecule has 0 radical (unpaired) electrons. The van der Waals surface area contributed by atoms with Crippen LogP contribution in [0.5, 0.6) is 0 Å². The molecule has 1 heterocycles. The molecule has 5 heteroatoms. The van der Waals surface area contributed by atoms with Crippen molar-refractivity contribution >= 4 is 22.6 Å². The highest BCUT2D eigenvalue weighted by Gasteiger charge is 2.30. The van der Waals surface area contributed by atoms with Crippen LogP contribution in [0.15, 0.2) is 24.3 Å². The highest BCUT2D eigenvalue weighted by atomic mass is 127. The van der Waals surface area contributed by atoms with Gasteiger partial charge in [-0.3, -0.25) is 0 Å². The molecule has 1 fully saturated rings. The average molecular weight is 336 g/mol. The lowest BCUT2D eigenvalue weighted by molar-refractivity contribution is -0.261. The number of aliphatic hydroxyl groups is 2. The van der Waals surface area contributed by atoms with Gasteiger partial charge in [-0.25, -0.2) is 0 Å². The van der Waals surface area contributed by atoms with Gasteiger partial charge in [-0.1, -0.05) is 12.1 Å². The van der Waals surface area contributed by atoms with E-state index in [-0.39, 0.29) is 12.7 Å². The molecule has 1 aromatic rings. The van der Waals surface area contributed by atoms with E-state index in [0.717, 1.165) is 9.13 Å². The smallest absolute Gasteiger partial charge is 0.183 e. The molecule has 0 spiro atoms. The summed E-state index contributed by atoms with van der Waals surface area (Å²) in [5.74, 6) is 0. The molecule has 88 valence electrons. The molecule has 1 saturated heterocycles. The predicted molar refractivity (Wildman–Crippen MR) is 65.8 cm³/mol. The Kier molecular flexibility index (Phi) is 4.15. The van der Waals surface area contributed by atoms with E-state index in [1.165, 1.54) is 0 Å². The third-order valence-corrected chi connectivity index (χ3v) is 3.22. The SMILES string of the molecule is OC[C@@H]1O[C@@H](c2ccc(I)cc2)CO[C@@H]1O. The van der Waals surface area contributed by atoms with Crippen molar-refractivity contribution in [3.05, 3.63) is 33.4 Å². The molecule has 16 heavy (non-hydrogen) atoms. The summed E-state index contributed by atoms with van der Waals surface area (Å²) in [6.45, 7) is 0.0558. The van der Waals surface area contributed by atoms with Crippen molar-refractivity contribution in [3.63, 3.8) is 0 Å². The second kappa shape index (κ2) is 5.42. The summed E-state index contributed by atoms with van der Waals surface area (Å²) in [5, 5.41) is 18.4. The van der Waals surface area contributed by atoms with Crippen LogP contribution in [0.1, 0.15) is 11.7 Å². The van der Waals surface area contributed by atoms with Gasteiger partial charge < -0.3 is 19.7 Å². The van der Waals surface area contributed by atoms with Crippen LogP contribution in [-0.2, 0) is 9.47 Å². The van der Waals surface area contributed by atoms with Crippen molar-refractivity contribution in [2.45, 2.75) is 18.5 Å². The van der Waals surface area contributed by atoms with Crippen LogP contribution >= 0.6 is 22.6 Å². The number of hydrogen-bond acceptors (Lipinski definition) is 4. The fourth-order valence-electron chi connectivity index (χ4n) is 1.60. The molecule has 1 aromatic carbocycles. The van der Waals surface area contributed by atoms with Gasteiger partial charge in [0.15, 0.2) is 6.29 Å². The number of hydrogen-bond donors (Lipinski definition) is 2. The first-order valence-electron chi connectivity index (χ1n) is 5.02. The lowest BCUT2D eigenvalue weighted by Crippen LogP contribution is -2.42. The van der Waals surface area contributed by atoms with Crippen LogP contribution in [0.25, 0.3) is 0 Å². The molecular weight excluding hydrogens is 323 g/mol. The quantitative estimate of drug-likeness (QED) is 0.793. The second-order valence-corrected chi connectivity index (χ2v) is 4.87. The molecule has 4 nitrogen and oxygen atoms in total.